The Kier molecular flexibility index (Phi) is 11.9. The Hall–Kier alpha value is 0.170. The van der Waals surface area contributed by atoms with Gasteiger partial charge in [-0.15, -0.1) is 0 Å². The van der Waals surface area contributed by atoms with E-state index in [9.17, 15) is 5.11 Å². The fraction of sp³-hybridized carbons (Fsp3) is 0.667. The first kappa shape index (κ1) is 25.4. The molecule has 1 N–H and O–H groups in total. The molecule has 1 saturated carbocycles. The Balaban J connectivity index is 2.14. The molecule has 4 unspecified atom stereocenters. The minimum Gasteiger partial charge on any atom is -0.396 e. The van der Waals surface area contributed by atoms with Crippen LogP contribution in [0.15, 0.2) is 36.4 Å². The molecule has 1 aliphatic rings. The van der Waals surface area contributed by atoms with Crippen LogP contribution >= 0.6 is 25.4 Å². The molecule has 2 rings (SSSR count). The lowest BCUT2D eigenvalue weighted by Gasteiger charge is -2.25. The van der Waals surface area contributed by atoms with E-state index in [0.717, 1.165) is 19.3 Å². The van der Waals surface area contributed by atoms with E-state index in [2.05, 4.69) is 75.0 Å². The van der Waals surface area contributed by atoms with Crippen molar-refractivity contribution in [3.63, 3.8) is 0 Å². The standard InChI is InChI=1S/C24H41O2P3/c1-4-5-6-10-22(26-29(27)28)11-12-23-19(3)16-21(13-14-25)24(23)17-20-9-7-8-18(2)15-20/h7-9,11-12,15,19,21-25H,4-6,10,13-14,16-17,27-28H2,1-3H3/b12-11+/t19?,21-,22-,23-,24?/m0/s1. The van der Waals surface area contributed by atoms with Crippen molar-refractivity contribution >= 4 is 25.4 Å². The first-order valence-electron chi connectivity index (χ1n) is 11.3. The van der Waals surface area contributed by atoms with Crippen LogP contribution in [-0.2, 0) is 10.9 Å². The van der Waals surface area contributed by atoms with Crippen molar-refractivity contribution in [3.05, 3.63) is 47.5 Å². The lowest BCUT2D eigenvalue weighted by molar-refractivity contribution is 0.225. The van der Waals surface area contributed by atoms with Crippen molar-refractivity contribution in [1.82, 2.24) is 0 Å². The largest absolute Gasteiger partial charge is 0.396 e. The van der Waals surface area contributed by atoms with Crippen LogP contribution < -0.4 is 0 Å². The second-order valence-corrected chi connectivity index (χ2v) is 14.6. The minimum atomic E-state index is -0.515. The molecule has 2 nitrogen and oxygen atoms in total. The van der Waals surface area contributed by atoms with Gasteiger partial charge in [-0.05, 0) is 61.8 Å². The van der Waals surface area contributed by atoms with E-state index in [0.29, 0.717) is 30.3 Å². The molecule has 29 heavy (non-hydrogen) atoms. The van der Waals surface area contributed by atoms with Gasteiger partial charge in [-0.25, -0.2) is 0 Å². The Bertz CT molecular complexity index is 620. The molecule has 0 bridgehead atoms. The van der Waals surface area contributed by atoms with Crippen molar-refractivity contribution in [2.45, 2.75) is 71.8 Å². The van der Waals surface area contributed by atoms with E-state index in [1.165, 1.54) is 36.8 Å². The van der Waals surface area contributed by atoms with E-state index in [-0.39, 0.29) is 6.10 Å². The summed E-state index contributed by atoms with van der Waals surface area (Å²) in [6.07, 6.45) is 13.1. The van der Waals surface area contributed by atoms with E-state index in [1.54, 1.807) is 0 Å². The van der Waals surface area contributed by atoms with E-state index in [4.69, 9.17) is 4.52 Å². The van der Waals surface area contributed by atoms with Gasteiger partial charge in [0.1, 0.15) is 0 Å². The molecule has 1 fully saturated rings. The summed E-state index contributed by atoms with van der Waals surface area (Å²) >= 11 is 0. The highest BCUT2D eigenvalue weighted by Crippen LogP contribution is 2.55. The molecule has 0 aromatic heterocycles. The van der Waals surface area contributed by atoms with Crippen molar-refractivity contribution in [3.8, 4) is 0 Å². The Morgan fingerprint density at radius 2 is 2.10 bits per heavy atom. The van der Waals surface area contributed by atoms with Gasteiger partial charge in [0.05, 0.1) is 13.6 Å². The molecular weight excluding hydrogens is 413 g/mol. The van der Waals surface area contributed by atoms with Crippen LogP contribution in [0.2, 0.25) is 0 Å². The number of hydrogen-bond acceptors (Lipinski definition) is 2. The average molecular weight is 455 g/mol. The summed E-state index contributed by atoms with van der Waals surface area (Å²) in [6, 6.07) is 8.93. The van der Waals surface area contributed by atoms with Gasteiger partial charge in [0.15, 0.2) is 0 Å². The SMILES string of the molecule is CCCCC[C@@H](/C=C/[C@H]1C(C)C[C@H](CCO)C1Cc1cccc(C)c1)OP(P)P. The number of allylic oxidation sites excluding steroid dienone is 1. The predicted molar refractivity (Wildman–Crippen MR) is 135 cm³/mol. The Morgan fingerprint density at radius 3 is 2.76 bits per heavy atom. The van der Waals surface area contributed by atoms with Gasteiger partial charge in [0.25, 0.3) is 0 Å². The fourth-order valence-corrected chi connectivity index (χ4v) is 6.40. The molecule has 0 saturated heterocycles. The zero-order valence-corrected chi connectivity index (χ0v) is 21.7. The summed E-state index contributed by atoms with van der Waals surface area (Å²) in [6.45, 7) is 7.11. The van der Waals surface area contributed by atoms with E-state index in [1.807, 2.05) is 0 Å². The number of aliphatic hydroxyl groups is 1. The molecule has 0 radical (unpaired) electrons. The number of benzene rings is 1. The number of aryl methyl sites for hydroxylation is 1. The highest BCUT2D eigenvalue weighted by Gasteiger charge is 2.39. The second-order valence-electron chi connectivity index (χ2n) is 8.80. The van der Waals surface area contributed by atoms with E-state index < -0.39 is 7.53 Å². The third-order valence-corrected chi connectivity index (χ3v) is 7.63. The highest BCUT2D eigenvalue weighted by molar-refractivity contribution is 8.41. The number of hydrogen-bond donors (Lipinski definition) is 1. The number of unbranched alkanes of at least 4 members (excludes halogenated alkanes) is 2. The number of rotatable bonds is 12. The maximum absolute atomic E-state index is 9.62. The Morgan fingerprint density at radius 1 is 1.31 bits per heavy atom. The average Bonchev–Trinajstić information content (AvgIpc) is 2.94. The van der Waals surface area contributed by atoms with Gasteiger partial charge in [0.2, 0.25) is 0 Å². The molecule has 1 aromatic rings. The summed E-state index contributed by atoms with van der Waals surface area (Å²) in [4.78, 5) is 0. The molecule has 0 spiro atoms. The minimum absolute atomic E-state index is 0.214. The molecule has 0 amide bonds. The Labute approximate surface area is 184 Å². The van der Waals surface area contributed by atoms with Crippen molar-refractivity contribution in [2.24, 2.45) is 23.7 Å². The molecule has 0 heterocycles. The van der Waals surface area contributed by atoms with Crippen LogP contribution in [0.3, 0.4) is 0 Å². The van der Waals surface area contributed by atoms with Crippen molar-refractivity contribution < 1.29 is 9.63 Å². The monoisotopic (exact) mass is 454 g/mol. The quantitative estimate of drug-likeness (QED) is 0.204. The normalized spacial score (nSPS) is 25.9. The summed E-state index contributed by atoms with van der Waals surface area (Å²) < 4.78 is 6.20. The zero-order chi connectivity index (χ0) is 21.2. The first-order valence-corrected chi connectivity index (χ1v) is 15.7. The maximum atomic E-state index is 9.62. The first-order chi connectivity index (χ1) is 13.9. The topological polar surface area (TPSA) is 29.5 Å². The summed E-state index contributed by atoms with van der Waals surface area (Å²) in [7, 11) is 5.08. The lowest BCUT2D eigenvalue weighted by atomic mass is 9.81. The van der Waals surface area contributed by atoms with Crippen LogP contribution in [-0.4, -0.2) is 17.8 Å². The molecule has 164 valence electrons. The molecule has 1 aliphatic carbocycles. The lowest BCUT2D eigenvalue weighted by Crippen LogP contribution is -2.19. The van der Waals surface area contributed by atoms with Gasteiger partial charge in [0, 0.05) is 6.61 Å². The van der Waals surface area contributed by atoms with Gasteiger partial charge < -0.3 is 9.63 Å². The fourth-order valence-electron chi connectivity index (χ4n) is 4.98. The van der Waals surface area contributed by atoms with Crippen LogP contribution in [0, 0.1) is 30.6 Å². The van der Waals surface area contributed by atoms with Crippen molar-refractivity contribution in [2.75, 3.05) is 6.61 Å². The van der Waals surface area contributed by atoms with Crippen LogP contribution in [0.1, 0.15) is 63.5 Å². The molecule has 7 atom stereocenters. The maximum Gasteiger partial charge on any atom is 0.0807 e. The highest BCUT2D eigenvalue weighted by atomic mass is 32.4. The van der Waals surface area contributed by atoms with Gasteiger partial charge in [-0.3, -0.25) is 0 Å². The number of aliphatic hydroxyl groups excluding tert-OH is 1. The summed E-state index contributed by atoms with van der Waals surface area (Å²) in [5, 5.41) is 9.62. The molecule has 5 heteroatoms. The third kappa shape index (κ3) is 8.67. The summed E-state index contributed by atoms with van der Waals surface area (Å²) in [5.74, 6) is 2.41. The zero-order valence-electron chi connectivity index (χ0n) is 18.5. The van der Waals surface area contributed by atoms with Crippen molar-refractivity contribution in [1.29, 1.82) is 0 Å². The smallest absolute Gasteiger partial charge is 0.0807 e. The van der Waals surface area contributed by atoms with Crippen LogP contribution in [0.25, 0.3) is 0 Å². The predicted octanol–water partition coefficient (Wildman–Crippen LogP) is 7.31. The van der Waals surface area contributed by atoms with Gasteiger partial charge in [-0.2, -0.15) is 0 Å². The van der Waals surface area contributed by atoms with Crippen LogP contribution in [0.4, 0.5) is 0 Å². The molecule has 0 aliphatic heterocycles. The van der Waals surface area contributed by atoms with Crippen LogP contribution in [0.5, 0.6) is 0 Å². The van der Waals surface area contributed by atoms with E-state index >= 15 is 0 Å². The second kappa shape index (κ2) is 13.6. The molecular formula is C24H41O2P3. The third-order valence-electron chi connectivity index (χ3n) is 6.38. The summed E-state index contributed by atoms with van der Waals surface area (Å²) in [5.41, 5.74) is 2.76. The molecule has 1 aromatic carbocycles. The van der Waals surface area contributed by atoms with Gasteiger partial charge >= 0.3 is 0 Å². The van der Waals surface area contributed by atoms with Gasteiger partial charge in [-0.1, -0.05) is 92.9 Å².